The Morgan fingerprint density at radius 2 is 1.45 bits per heavy atom. The van der Waals surface area contributed by atoms with E-state index >= 15 is 0 Å². The van der Waals surface area contributed by atoms with Crippen molar-refractivity contribution in [2.24, 2.45) is 23.2 Å². The normalized spacial score (nSPS) is 29.5. The third-order valence-electron chi connectivity index (χ3n) is 12.9. The van der Waals surface area contributed by atoms with Crippen molar-refractivity contribution in [1.82, 2.24) is 0 Å². The summed E-state index contributed by atoms with van der Waals surface area (Å²) in [6.45, 7) is 39.7. The number of carbonyl (C=O) groups excluding carboxylic acids is 1. The summed E-state index contributed by atoms with van der Waals surface area (Å²) in [7, 11) is -7.92. The molecular formula is C42H75O6PSi2. The maximum Gasteiger partial charge on any atom is 0.401 e. The average molecular weight is 763 g/mol. The molecule has 1 unspecified atom stereocenters. The fraction of sp³-hybridized carbons (Fsp3) is 0.786. The van der Waals surface area contributed by atoms with Gasteiger partial charge in [-0.05, 0) is 143 Å². The Morgan fingerprint density at radius 1 is 0.902 bits per heavy atom. The third kappa shape index (κ3) is 10.7. The lowest BCUT2D eigenvalue weighted by Crippen LogP contribution is -2.49. The first kappa shape index (κ1) is 44.5. The minimum atomic E-state index is -3.91. The van der Waals surface area contributed by atoms with Crippen LogP contribution in [-0.2, 0) is 27.3 Å². The number of fused-ring (bicyclic) bond motifs is 1. The highest BCUT2D eigenvalue weighted by Gasteiger charge is 2.51. The van der Waals surface area contributed by atoms with E-state index in [1.807, 2.05) is 6.08 Å². The van der Waals surface area contributed by atoms with E-state index in [0.717, 1.165) is 44.1 Å². The van der Waals surface area contributed by atoms with Crippen molar-refractivity contribution in [2.45, 2.75) is 189 Å². The average Bonchev–Trinajstić information content (AvgIpc) is 3.31. The maximum atomic E-state index is 13.4. The zero-order chi connectivity index (χ0) is 39.0. The molecule has 51 heavy (non-hydrogen) atoms. The second-order valence-corrected chi connectivity index (χ2v) is 31.1. The predicted octanol–water partition coefficient (Wildman–Crippen LogP) is 12.9. The summed E-state index contributed by atoms with van der Waals surface area (Å²) in [6.07, 6.45) is 15.0. The lowest BCUT2D eigenvalue weighted by molar-refractivity contribution is -0.110. The fourth-order valence-electron chi connectivity index (χ4n) is 8.05. The fourth-order valence-corrected chi connectivity index (χ4v) is 12.4. The Kier molecular flexibility index (Phi) is 14.4. The molecule has 0 radical (unpaired) electrons. The van der Waals surface area contributed by atoms with Crippen LogP contribution in [0.15, 0.2) is 47.6 Å². The molecule has 3 saturated carbocycles. The lowest BCUT2D eigenvalue weighted by Gasteiger charge is -2.45. The van der Waals surface area contributed by atoms with Crippen LogP contribution in [0.2, 0.25) is 36.3 Å². The van der Waals surface area contributed by atoms with E-state index in [2.05, 4.69) is 100 Å². The Hall–Kier alpha value is -0.866. The van der Waals surface area contributed by atoms with Gasteiger partial charge in [0, 0.05) is 6.42 Å². The van der Waals surface area contributed by atoms with Crippen LogP contribution in [0.5, 0.6) is 0 Å². The molecule has 0 amide bonds. The standard InChI is InChI=1S/C42H75O6PSi2/c1-29(2)45-49(44,46-30(3)4)39(43)25-20-31(5)36-23-24-37-33(19-18-26-42(36,37)13)21-22-34-27-35(47-50(14,15)40(7,8)9)28-38(32(34)6)48-51(16,17)41(10,11)12/h20-22,25,29-31,35-38H,6,18-19,23-24,26-28H2,1-5,7-17H3/t31-,35-,36-,37?,38+,42-/m1/s1. The van der Waals surface area contributed by atoms with E-state index in [0.29, 0.717) is 11.8 Å². The molecule has 0 heterocycles. The Bertz CT molecular complexity index is 1380. The quantitative estimate of drug-likeness (QED) is 0.106. The zero-order valence-corrected chi connectivity index (χ0v) is 38.3. The first-order valence-corrected chi connectivity index (χ1v) is 27.1. The van der Waals surface area contributed by atoms with Gasteiger partial charge in [0.05, 0.1) is 24.4 Å². The van der Waals surface area contributed by atoms with Crippen molar-refractivity contribution in [3.05, 3.63) is 47.6 Å². The molecule has 6 nitrogen and oxygen atoms in total. The van der Waals surface area contributed by atoms with Gasteiger partial charge in [-0.25, -0.2) is 0 Å². The minimum absolute atomic E-state index is 0.0333. The zero-order valence-electron chi connectivity index (χ0n) is 35.4. The third-order valence-corrected chi connectivity index (χ3v) is 24.0. The highest BCUT2D eigenvalue weighted by molar-refractivity contribution is 7.72. The van der Waals surface area contributed by atoms with Crippen molar-refractivity contribution >= 4 is 29.8 Å². The number of hydrogen-bond donors (Lipinski definition) is 0. The molecule has 0 bridgehead atoms. The van der Waals surface area contributed by atoms with Crippen LogP contribution in [-0.4, -0.2) is 46.6 Å². The van der Waals surface area contributed by atoms with Gasteiger partial charge >= 0.3 is 7.60 Å². The number of hydrogen-bond acceptors (Lipinski definition) is 6. The van der Waals surface area contributed by atoms with Crippen LogP contribution < -0.4 is 0 Å². The van der Waals surface area contributed by atoms with Gasteiger partial charge in [0.1, 0.15) is 0 Å². The molecule has 3 aliphatic rings. The van der Waals surface area contributed by atoms with E-state index in [-0.39, 0.29) is 45.8 Å². The van der Waals surface area contributed by atoms with E-state index in [9.17, 15) is 9.36 Å². The van der Waals surface area contributed by atoms with Crippen molar-refractivity contribution in [3.63, 3.8) is 0 Å². The highest BCUT2D eigenvalue weighted by atomic mass is 31.2. The molecule has 0 aromatic carbocycles. The molecule has 0 aromatic heterocycles. The Labute approximate surface area is 315 Å². The molecule has 3 rings (SSSR count). The predicted molar refractivity (Wildman–Crippen MR) is 220 cm³/mol. The van der Waals surface area contributed by atoms with Crippen molar-refractivity contribution in [3.8, 4) is 0 Å². The van der Waals surface area contributed by atoms with Gasteiger partial charge in [-0.15, -0.1) is 0 Å². The van der Waals surface area contributed by atoms with Crippen LogP contribution >= 0.6 is 7.60 Å². The summed E-state index contributed by atoms with van der Waals surface area (Å²) in [5, 5.41) is 0.249. The monoisotopic (exact) mass is 762 g/mol. The summed E-state index contributed by atoms with van der Waals surface area (Å²) in [4.78, 5) is 13.2. The molecular weight excluding hydrogens is 688 g/mol. The van der Waals surface area contributed by atoms with Gasteiger partial charge in [-0.2, -0.15) is 0 Å². The van der Waals surface area contributed by atoms with Crippen LogP contribution in [0.1, 0.15) is 128 Å². The second-order valence-electron chi connectivity index (χ2n) is 19.7. The summed E-state index contributed by atoms with van der Waals surface area (Å²) in [6, 6.07) is 0. The molecule has 9 heteroatoms. The highest BCUT2D eigenvalue weighted by Crippen LogP contribution is 2.60. The smallest absolute Gasteiger partial charge is 0.401 e. The Balaban J connectivity index is 1.88. The van der Waals surface area contributed by atoms with E-state index < -0.39 is 29.8 Å². The van der Waals surface area contributed by atoms with Crippen molar-refractivity contribution < 1.29 is 27.3 Å². The van der Waals surface area contributed by atoms with Crippen LogP contribution in [0.25, 0.3) is 0 Å². The molecule has 0 spiro atoms. The van der Waals surface area contributed by atoms with Crippen molar-refractivity contribution in [2.75, 3.05) is 0 Å². The first-order chi connectivity index (χ1) is 23.1. The van der Waals surface area contributed by atoms with Gasteiger partial charge in [0.15, 0.2) is 16.6 Å². The molecule has 0 aromatic rings. The Morgan fingerprint density at radius 3 is 1.98 bits per heavy atom. The van der Waals surface area contributed by atoms with Crippen LogP contribution in [0.3, 0.4) is 0 Å². The van der Waals surface area contributed by atoms with Crippen LogP contribution in [0.4, 0.5) is 0 Å². The molecule has 6 atom stereocenters. The van der Waals surface area contributed by atoms with Crippen molar-refractivity contribution in [1.29, 1.82) is 0 Å². The summed E-state index contributed by atoms with van der Waals surface area (Å²) in [5.41, 5.74) is 3.50. The second kappa shape index (κ2) is 16.5. The molecule has 3 fully saturated rings. The maximum absolute atomic E-state index is 13.4. The molecule has 0 saturated heterocycles. The largest absolute Gasteiger partial charge is 0.413 e. The van der Waals surface area contributed by atoms with Crippen LogP contribution in [0, 0.1) is 23.2 Å². The summed E-state index contributed by atoms with van der Waals surface area (Å²) < 4.78 is 38.7. The molecule has 0 N–H and O–H groups in total. The van der Waals surface area contributed by atoms with Gasteiger partial charge in [-0.3, -0.25) is 9.36 Å². The van der Waals surface area contributed by atoms with E-state index in [4.69, 9.17) is 17.9 Å². The summed E-state index contributed by atoms with van der Waals surface area (Å²) in [5.74, 6) is 1.08. The van der Waals surface area contributed by atoms with E-state index in [1.165, 1.54) is 23.6 Å². The molecule has 3 aliphatic carbocycles. The number of carbonyl (C=O) groups is 1. The van der Waals surface area contributed by atoms with Gasteiger partial charge in [-0.1, -0.05) is 85.8 Å². The van der Waals surface area contributed by atoms with Gasteiger partial charge in [0.25, 0.3) is 5.52 Å². The number of allylic oxidation sites excluding steroid dienone is 5. The topological polar surface area (TPSA) is 71.1 Å². The van der Waals surface area contributed by atoms with Gasteiger partial charge < -0.3 is 17.9 Å². The van der Waals surface area contributed by atoms with Gasteiger partial charge in [0.2, 0.25) is 0 Å². The molecule has 292 valence electrons. The lowest BCUT2D eigenvalue weighted by atomic mass is 9.61. The number of rotatable bonds is 13. The SMILES string of the molecule is C=C1C(=CC=C2CCC[C@@]3(C)C2CC[C@@H]3[C@H](C)C=CC(=O)P(=O)(OC(C)C)OC(C)C)C[C@@H](O[Si](C)(C)C(C)(C)C)C[C@@H]1O[Si](C)(C)C(C)(C)C. The molecule has 0 aliphatic heterocycles. The van der Waals surface area contributed by atoms with E-state index in [1.54, 1.807) is 27.7 Å². The minimum Gasteiger partial charge on any atom is -0.413 e. The first-order valence-electron chi connectivity index (χ1n) is 19.8. The summed E-state index contributed by atoms with van der Waals surface area (Å²) >= 11 is 0.